The molecular formula is C90H102O6. The molecule has 0 radical (unpaired) electrons. The van der Waals surface area contributed by atoms with Crippen LogP contribution in [0.15, 0.2) is 182 Å². The minimum Gasteiger partial charge on any atom is -0.490 e. The van der Waals surface area contributed by atoms with Gasteiger partial charge in [0, 0.05) is 17.8 Å². The Bertz CT molecular complexity index is 3610. The summed E-state index contributed by atoms with van der Waals surface area (Å²) in [5.41, 5.74) is 17.3. The first-order valence-electron chi connectivity index (χ1n) is 37.5. The molecule has 0 atom stereocenters. The van der Waals surface area contributed by atoms with Gasteiger partial charge in [-0.2, -0.15) is 0 Å². The SMILES string of the molecule is CCCCCOc1cc2c(cc1OCCCCCCC1c3ccccc3-c3ccccc31)c1cc(OCCCCC)c(OCCCCCCC3c4ccccc4-c4ccccc43)cc1c1cc(OCCCCC)c(OCCCCCCC3c4ccccc4-c4ccccc43)cc21. The third-order valence-corrected chi connectivity index (χ3v) is 21.0. The molecule has 0 heterocycles. The van der Waals surface area contributed by atoms with Gasteiger partial charge in [0.25, 0.3) is 0 Å². The van der Waals surface area contributed by atoms with Crippen molar-refractivity contribution in [2.45, 2.75) is 193 Å². The second-order valence-corrected chi connectivity index (χ2v) is 27.5. The lowest BCUT2D eigenvalue weighted by atomic mass is 9.91. The van der Waals surface area contributed by atoms with E-state index in [1.165, 1.54) is 86.0 Å². The van der Waals surface area contributed by atoms with E-state index in [1.54, 1.807) is 0 Å². The van der Waals surface area contributed by atoms with Gasteiger partial charge < -0.3 is 28.4 Å². The minimum atomic E-state index is 0.462. The van der Waals surface area contributed by atoms with Gasteiger partial charge in [-0.25, -0.2) is 0 Å². The first-order valence-corrected chi connectivity index (χ1v) is 37.5. The van der Waals surface area contributed by atoms with E-state index >= 15 is 0 Å². The van der Waals surface area contributed by atoms with Crippen LogP contribution in [0.2, 0.25) is 0 Å². The lowest BCUT2D eigenvalue weighted by Gasteiger charge is -2.21. The van der Waals surface area contributed by atoms with E-state index in [4.69, 9.17) is 28.4 Å². The molecule has 0 spiro atoms. The van der Waals surface area contributed by atoms with Crippen molar-refractivity contribution >= 4 is 32.3 Å². The average Bonchev–Trinajstić information content (AvgIpc) is 1.19. The molecule has 6 nitrogen and oxygen atoms in total. The first kappa shape index (κ1) is 66.4. The molecule has 0 aliphatic heterocycles. The maximum atomic E-state index is 6.97. The lowest BCUT2D eigenvalue weighted by molar-refractivity contribution is 0.259. The van der Waals surface area contributed by atoms with Crippen LogP contribution in [-0.2, 0) is 0 Å². The normalized spacial score (nSPS) is 13.0. The second-order valence-electron chi connectivity index (χ2n) is 27.5. The summed E-state index contributed by atoms with van der Waals surface area (Å²) in [5, 5.41) is 6.57. The molecule has 0 unspecified atom stereocenters. The highest BCUT2D eigenvalue weighted by Gasteiger charge is 2.31. The van der Waals surface area contributed by atoms with Crippen molar-refractivity contribution < 1.29 is 28.4 Å². The predicted octanol–water partition coefficient (Wildman–Crippen LogP) is 25.3. The van der Waals surface area contributed by atoms with Gasteiger partial charge in [0.05, 0.1) is 39.6 Å². The zero-order chi connectivity index (χ0) is 65.3. The third-order valence-electron chi connectivity index (χ3n) is 21.0. The summed E-state index contributed by atoms with van der Waals surface area (Å²) in [6.45, 7) is 10.5. The fourth-order valence-corrected chi connectivity index (χ4v) is 16.0. The smallest absolute Gasteiger partial charge is 0.161 e. The van der Waals surface area contributed by atoms with Gasteiger partial charge in [0.2, 0.25) is 0 Å². The molecular weight excluding hydrogens is 1180 g/mol. The molecule has 0 fully saturated rings. The van der Waals surface area contributed by atoms with E-state index in [0.717, 1.165) is 202 Å². The molecule has 6 heteroatoms. The number of hydrogen-bond acceptors (Lipinski definition) is 6. The molecule has 96 heavy (non-hydrogen) atoms. The highest BCUT2D eigenvalue weighted by Crippen LogP contribution is 2.51. The Morgan fingerprint density at radius 1 is 0.208 bits per heavy atom. The Morgan fingerprint density at radius 3 is 0.583 bits per heavy atom. The van der Waals surface area contributed by atoms with E-state index in [1.807, 2.05) is 0 Å². The Labute approximate surface area is 573 Å². The number of ether oxygens (including phenoxy) is 6. The van der Waals surface area contributed by atoms with Crippen molar-refractivity contribution in [3.8, 4) is 67.9 Å². The summed E-state index contributed by atoms with van der Waals surface area (Å²) in [4.78, 5) is 0. The molecule has 3 aliphatic rings. The second kappa shape index (κ2) is 33.2. The van der Waals surface area contributed by atoms with Crippen molar-refractivity contribution in [2.24, 2.45) is 0 Å². The van der Waals surface area contributed by atoms with Crippen LogP contribution in [0.5, 0.6) is 34.5 Å². The van der Waals surface area contributed by atoms with Crippen LogP contribution in [0.1, 0.15) is 226 Å². The third kappa shape index (κ3) is 15.1. The maximum absolute atomic E-state index is 6.97. The molecule has 0 amide bonds. The van der Waals surface area contributed by atoms with Gasteiger partial charge in [-0.15, -0.1) is 0 Å². The van der Waals surface area contributed by atoms with E-state index < -0.39 is 0 Å². The van der Waals surface area contributed by atoms with Crippen LogP contribution in [0.3, 0.4) is 0 Å². The fraction of sp³-hybridized carbons (Fsp3) is 0.400. The summed E-state index contributed by atoms with van der Waals surface area (Å²) in [6.07, 6.45) is 26.3. The van der Waals surface area contributed by atoms with E-state index in [2.05, 4.69) is 203 Å². The number of unbranched alkanes of at least 4 members (excludes halogenated alkanes) is 15. The predicted molar refractivity (Wildman–Crippen MR) is 401 cm³/mol. The zero-order valence-corrected chi connectivity index (χ0v) is 57.7. The van der Waals surface area contributed by atoms with Gasteiger partial charge in [0.15, 0.2) is 34.5 Å². The van der Waals surface area contributed by atoms with E-state index in [-0.39, 0.29) is 0 Å². The van der Waals surface area contributed by atoms with E-state index in [9.17, 15) is 0 Å². The molecule has 3 aliphatic carbocycles. The van der Waals surface area contributed by atoms with Crippen LogP contribution in [0, 0.1) is 0 Å². The van der Waals surface area contributed by atoms with Crippen LogP contribution in [0.4, 0.5) is 0 Å². The van der Waals surface area contributed by atoms with Crippen molar-refractivity contribution in [1.82, 2.24) is 0 Å². The molecule has 13 rings (SSSR count). The van der Waals surface area contributed by atoms with E-state index in [0.29, 0.717) is 57.4 Å². The zero-order valence-electron chi connectivity index (χ0n) is 57.7. The maximum Gasteiger partial charge on any atom is 0.161 e. The minimum absolute atomic E-state index is 0.462. The fourth-order valence-electron chi connectivity index (χ4n) is 16.0. The van der Waals surface area contributed by atoms with Crippen LogP contribution < -0.4 is 28.4 Å². The average molecular weight is 1280 g/mol. The molecule has 0 saturated carbocycles. The number of benzene rings is 10. The summed E-state index contributed by atoms with van der Waals surface area (Å²) >= 11 is 0. The Morgan fingerprint density at radius 2 is 0.385 bits per heavy atom. The number of fused-ring (bicyclic) bond motifs is 15. The summed E-state index contributed by atoms with van der Waals surface area (Å²) in [5.74, 6) is 6.13. The summed E-state index contributed by atoms with van der Waals surface area (Å²) in [6, 6.07) is 67.7. The highest BCUT2D eigenvalue weighted by molar-refractivity contribution is 6.27. The number of hydrogen-bond donors (Lipinski definition) is 0. The van der Waals surface area contributed by atoms with Crippen LogP contribution >= 0.6 is 0 Å². The van der Waals surface area contributed by atoms with Gasteiger partial charge >= 0.3 is 0 Å². The van der Waals surface area contributed by atoms with Crippen molar-refractivity contribution in [1.29, 1.82) is 0 Å². The van der Waals surface area contributed by atoms with Crippen LogP contribution in [-0.4, -0.2) is 39.6 Å². The lowest BCUT2D eigenvalue weighted by Crippen LogP contribution is -2.05. The van der Waals surface area contributed by atoms with Gasteiger partial charge in [0.1, 0.15) is 0 Å². The quantitative estimate of drug-likeness (QED) is 0.0283. The van der Waals surface area contributed by atoms with Gasteiger partial charge in [-0.05, 0) is 193 Å². The molecule has 0 aromatic heterocycles. The first-order chi connectivity index (χ1) is 47.6. The standard InChI is InChI=1S/C90H102O6/c1-4-7-31-52-91-85-58-79-82(61-88(85)94-55-34-13-10-16-37-64-67-40-19-25-46-73(67)74-47-26-20-41-68(64)74)80-59-86(92-53-32-8-5-2)90(96-57-36-15-12-18-39-66-71-44-23-29-50-77(71)78-51-30-24-45-72(66)78)63-84(80)81-60-87(93-54-33-9-6-3)89(62-83(79)81)95-56-35-14-11-17-38-65-69-42-21-27-48-75(69)76-49-28-22-43-70(65)76/h19-30,40-51,58-66H,4-18,31-39,52-57H2,1-3H3. The number of rotatable bonds is 39. The highest BCUT2D eigenvalue weighted by atomic mass is 16.5. The Hall–Kier alpha value is -8.22. The Balaban J connectivity index is 0.771. The monoisotopic (exact) mass is 1280 g/mol. The van der Waals surface area contributed by atoms with Crippen molar-refractivity contribution in [3.63, 3.8) is 0 Å². The molecule has 10 aromatic carbocycles. The molecule has 0 saturated heterocycles. The Kier molecular flexibility index (Phi) is 22.9. The molecule has 0 N–H and O–H groups in total. The molecule has 0 bridgehead atoms. The van der Waals surface area contributed by atoms with Crippen molar-refractivity contribution in [3.05, 3.63) is 215 Å². The summed E-state index contributed by atoms with van der Waals surface area (Å²) < 4.78 is 41.5. The van der Waals surface area contributed by atoms with Crippen LogP contribution in [0.25, 0.3) is 65.7 Å². The molecule has 10 aromatic rings. The van der Waals surface area contributed by atoms with Gasteiger partial charge in [-0.1, -0.05) is 263 Å². The summed E-state index contributed by atoms with van der Waals surface area (Å²) in [7, 11) is 0. The van der Waals surface area contributed by atoms with Crippen molar-refractivity contribution in [2.75, 3.05) is 39.6 Å². The molecule has 498 valence electrons. The van der Waals surface area contributed by atoms with Gasteiger partial charge in [-0.3, -0.25) is 0 Å². The largest absolute Gasteiger partial charge is 0.490 e. The topological polar surface area (TPSA) is 55.4 Å².